The molecule has 0 aliphatic heterocycles. The van der Waals surface area contributed by atoms with Crippen molar-refractivity contribution in [1.29, 1.82) is 0 Å². The molecule has 0 atom stereocenters. The average molecular weight is 320 g/mol. The largest absolute Gasteiger partial charge is 0.497 e. The van der Waals surface area contributed by atoms with Crippen molar-refractivity contribution in [2.24, 2.45) is 0 Å². The van der Waals surface area contributed by atoms with E-state index in [1.54, 1.807) is 37.4 Å². The summed E-state index contributed by atoms with van der Waals surface area (Å²) in [7, 11) is 1.59. The number of carbonyl (C=O) groups is 1. The Hall–Kier alpha value is -2.20. The molecule has 0 aliphatic rings. The van der Waals surface area contributed by atoms with Crippen LogP contribution in [0.4, 0.5) is 5.69 Å². The summed E-state index contributed by atoms with van der Waals surface area (Å²) in [6.45, 7) is 0.479. The summed E-state index contributed by atoms with van der Waals surface area (Å²) in [5.74, 6) is 1.41. The van der Waals surface area contributed by atoms with Gasteiger partial charge in [-0.05, 0) is 42.8 Å². The zero-order chi connectivity index (χ0) is 15.8. The number of nitrogens with one attached hydrogen (secondary N) is 1. The number of rotatable bonds is 7. The fraction of sp³-hybridized carbons (Fsp3) is 0.235. The Kier molecular flexibility index (Phi) is 6.10. The second-order valence-corrected chi connectivity index (χ2v) is 5.12. The van der Waals surface area contributed by atoms with Gasteiger partial charge in [-0.3, -0.25) is 4.79 Å². The lowest BCUT2D eigenvalue weighted by molar-refractivity contribution is -0.116. The van der Waals surface area contributed by atoms with Crippen molar-refractivity contribution in [1.82, 2.24) is 0 Å². The molecular weight excluding hydrogens is 302 g/mol. The number of amides is 1. The van der Waals surface area contributed by atoms with Gasteiger partial charge in [-0.15, -0.1) is 0 Å². The molecule has 2 rings (SSSR count). The smallest absolute Gasteiger partial charge is 0.224 e. The summed E-state index contributed by atoms with van der Waals surface area (Å²) < 4.78 is 10.7. The van der Waals surface area contributed by atoms with Crippen LogP contribution in [0.2, 0.25) is 5.02 Å². The second-order valence-electron chi connectivity index (χ2n) is 4.69. The lowest BCUT2D eigenvalue weighted by Crippen LogP contribution is -2.12. The molecule has 0 saturated carbocycles. The normalized spacial score (nSPS) is 10.1. The summed E-state index contributed by atoms with van der Waals surface area (Å²) in [6, 6.07) is 14.4. The maximum absolute atomic E-state index is 11.8. The highest BCUT2D eigenvalue weighted by molar-refractivity contribution is 6.30. The van der Waals surface area contributed by atoms with Gasteiger partial charge >= 0.3 is 0 Å². The first kappa shape index (κ1) is 16.2. The molecule has 0 radical (unpaired) electrons. The van der Waals surface area contributed by atoms with Gasteiger partial charge in [-0.25, -0.2) is 0 Å². The molecule has 1 amide bonds. The third-order valence-electron chi connectivity index (χ3n) is 2.98. The molecule has 0 aromatic heterocycles. The fourth-order valence-electron chi connectivity index (χ4n) is 1.88. The first-order valence-electron chi connectivity index (χ1n) is 6.99. The van der Waals surface area contributed by atoms with Crippen molar-refractivity contribution in [3.63, 3.8) is 0 Å². The van der Waals surface area contributed by atoms with E-state index in [2.05, 4.69) is 5.32 Å². The highest BCUT2D eigenvalue weighted by Gasteiger charge is 2.03. The zero-order valence-electron chi connectivity index (χ0n) is 12.3. The topological polar surface area (TPSA) is 47.6 Å². The quantitative estimate of drug-likeness (QED) is 0.780. The Morgan fingerprint density at radius 1 is 1.14 bits per heavy atom. The van der Waals surface area contributed by atoms with Crippen LogP contribution in [0.3, 0.4) is 0 Å². The molecule has 0 heterocycles. The molecule has 4 nitrogen and oxygen atoms in total. The summed E-state index contributed by atoms with van der Waals surface area (Å²) >= 11 is 5.80. The van der Waals surface area contributed by atoms with Crippen molar-refractivity contribution < 1.29 is 14.3 Å². The Bertz CT molecular complexity index is 614. The maximum Gasteiger partial charge on any atom is 0.224 e. The Labute approximate surface area is 135 Å². The van der Waals surface area contributed by atoms with Crippen molar-refractivity contribution in [2.75, 3.05) is 19.0 Å². The number of hydrogen-bond acceptors (Lipinski definition) is 3. The third-order valence-corrected chi connectivity index (χ3v) is 3.24. The first-order chi connectivity index (χ1) is 10.7. The molecule has 1 N–H and O–H groups in total. The van der Waals surface area contributed by atoms with E-state index in [0.717, 1.165) is 11.4 Å². The van der Waals surface area contributed by atoms with Gasteiger partial charge in [0.05, 0.1) is 13.7 Å². The molecule has 2 aromatic carbocycles. The van der Waals surface area contributed by atoms with E-state index >= 15 is 0 Å². The number of carbonyl (C=O) groups excluding carboxylic acids is 1. The molecule has 2 aromatic rings. The van der Waals surface area contributed by atoms with Crippen molar-refractivity contribution >= 4 is 23.2 Å². The van der Waals surface area contributed by atoms with Crippen LogP contribution >= 0.6 is 11.6 Å². The predicted octanol–water partition coefficient (Wildman–Crippen LogP) is 4.15. The van der Waals surface area contributed by atoms with Crippen LogP contribution in [0.25, 0.3) is 0 Å². The van der Waals surface area contributed by atoms with Crippen LogP contribution in [0, 0.1) is 0 Å². The minimum absolute atomic E-state index is 0.0482. The van der Waals surface area contributed by atoms with Gasteiger partial charge in [0.15, 0.2) is 0 Å². The Morgan fingerprint density at radius 2 is 1.91 bits per heavy atom. The fourth-order valence-corrected chi connectivity index (χ4v) is 2.00. The summed E-state index contributed by atoms with van der Waals surface area (Å²) in [5.41, 5.74) is 0.725. The van der Waals surface area contributed by atoms with Crippen molar-refractivity contribution in [3.8, 4) is 11.5 Å². The van der Waals surface area contributed by atoms with Crippen LogP contribution in [0.5, 0.6) is 11.5 Å². The second kappa shape index (κ2) is 8.29. The van der Waals surface area contributed by atoms with Crippen molar-refractivity contribution in [2.45, 2.75) is 12.8 Å². The van der Waals surface area contributed by atoms with E-state index in [-0.39, 0.29) is 5.91 Å². The van der Waals surface area contributed by atoms with Gasteiger partial charge in [0.25, 0.3) is 0 Å². The van der Waals surface area contributed by atoms with Gasteiger partial charge in [0.2, 0.25) is 5.91 Å². The Morgan fingerprint density at radius 3 is 2.64 bits per heavy atom. The number of anilines is 1. The highest BCUT2D eigenvalue weighted by atomic mass is 35.5. The van der Waals surface area contributed by atoms with Gasteiger partial charge < -0.3 is 14.8 Å². The van der Waals surface area contributed by atoms with Crippen LogP contribution in [-0.4, -0.2) is 19.6 Å². The van der Waals surface area contributed by atoms with Gasteiger partial charge in [0.1, 0.15) is 11.5 Å². The summed E-state index contributed by atoms with van der Waals surface area (Å²) in [5, 5.41) is 3.50. The highest BCUT2D eigenvalue weighted by Crippen LogP contribution is 2.17. The minimum Gasteiger partial charge on any atom is -0.497 e. The monoisotopic (exact) mass is 319 g/mol. The van der Waals surface area contributed by atoms with E-state index in [9.17, 15) is 4.79 Å². The van der Waals surface area contributed by atoms with Crippen molar-refractivity contribution in [3.05, 3.63) is 53.6 Å². The van der Waals surface area contributed by atoms with Gasteiger partial charge in [0, 0.05) is 23.2 Å². The molecule has 0 saturated heterocycles. The number of ether oxygens (including phenoxy) is 2. The van der Waals surface area contributed by atoms with E-state index in [0.29, 0.717) is 30.2 Å². The molecule has 0 spiro atoms. The van der Waals surface area contributed by atoms with Crippen LogP contribution in [0.15, 0.2) is 48.5 Å². The van der Waals surface area contributed by atoms with E-state index in [1.165, 1.54) is 0 Å². The molecule has 0 fully saturated rings. The number of hydrogen-bond donors (Lipinski definition) is 1. The van der Waals surface area contributed by atoms with E-state index in [1.807, 2.05) is 18.2 Å². The van der Waals surface area contributed by atoms with Crippen LogP contribution in [0.1, 0.15) is 12.8 Å². The minimum atomic E-state index is -0.0482. The maximum atomic E-state index is 11.8. The third kappa shape index (κ3) is 5.30. The van der Waals surface area contributed by atoms with Gasteiger partial charge in [-0.1, -0.05) is 17.7 Å². The lowest BCUT2D eigenvalue weighted by atomic mass is 10.2. The van der Waals surface area contributed by atoms with E-state index in [4.69, 9.17) is 21.1 Å². The SMILES string of the molecule is COc1cccc(NC(=O)CCCOc2ccc(Cl)cc2)c1. The molecular formula is C17H18ClNO3. The molecule has 0 aliphatic carbocycles. The average Bonchev–Trinajstić information content (AvgIpc) is 2.53. The number of methoxy groups -OCH3 is 1. The van der Waals surface area contributed by atoms with E-state index < -0.39 is 0 Å². The summed E-state index contributed by atoms with van der Waals surface area (Å²) in [6.07, 6.45) is 1.03. The standard InChI is InChI=1S/C17H18ClNO3/c1-21-16-5-2-4-14(12-16)19-17(20)6-3-11-22-15-9-7-13(18)8-10-15/h2,4-5,7-10,12H,3,6,11H2,1H3,(H,19,20). The lowest BCUT2D eigenvalue weighted by Gasteiger charge is -2.08. The summed E-state index contributed by atoms with van der Waals surface area (Å²) in [4.78, 5) is 11.8. The molecule has 5 heteroatoms. The number of halogens is 1. The Balaban J connectivity index is 1.70. The first-order valence-corrected chi connectivity index (χ1v) is 7.37. The molecule has 0 unspecified atom stereocenters. The zero-order valence-corrected chi connectivity index (χ0v) is 13.1. The van der Waals surface area contributed by atoms with Gasteiger partial charge in [-0.2, -0.15) is 0 Å². The molecule has 116 valence electrons. The molecule has 0 bridgehead atoms. The number of benzene rings is 2. The van der Waals surface area contributed by atoms with Crippen LogP contribution < -0.4 is 14.8 Å². The van der Waals surface area contributed by atoms with Crippen LogP contribution in [-0.2, 0) is 4.79 Å². The molecule has 22 heavy (non-hydrogen) atoms. The predicted molar refractivity (Wildman–Crippen MR) is 87.8 cm³/mol.